The van der Waals surface area contributed by atoms with Crippen LogP contribution < -0.4 is 5.32 Å². The Hall–Kier alpha value is -2.93. The molecule has 1 aliphatic rings. The van der Waals surface area contributed by atoms with Gasteiger partial charge < -0.3 is 10.0 Å². The first-order chi connectivity index (χ1) is 12.5. The summed E-state index contributed by atoms with van der Waals surface area (Å²) in [4.78, 5) is 14.2. The van der Waals surface area contributed by atoms with Gasteiger partial charge in [-0.2, -0.15) is 5.10 Å². The molecule has 2 aromatic carbocycles. The normalized spacial score (nSPS) is 16.6. The summed E-state index contributed by atoms with van der Waals surface area (Å²) in [5.74, 6) is 0.158. The molecule has 4 rings (SSSR count). The number of H-pyrrole nitrogens is 1. The SMILES string of the molecule is O=C(Nc1n[nH]c2ccccc12)N1CCC(O)(c2ccc(F)cc2)CC1. The van der Waals surface area contributed by atoms with Crippen LogP contribution in [0.15, 0.2) is 48.5 Å². The van der Waals surface area contributed by atoms with Gasteiger partial charge in [0.2, 0.25) is 0 Å². The molecule has 1 fully saturated rings. The molecule has 2 heterocycles. The second kappa shape index (κ2) is 6.42. The minimum atomic E-state index is -1.04. The number of amides is 2. The van der Waals surface area contributed by atoms with Crippen LogP contribution in [0.25, 0.3) is 10.9 Å². The van der Waals surface area contributed by atoms with Gasteiger partial charge in [0.15, 0.2) is 5.82 Å². The second-order valence-electron chi connectivity index (χ2n) is 6.57. The molecule has 0 spiro atoms. The molecule has 7 heteroatoms. The van der Waals surface area contributed by atoms with Gasteiger partial charge in [-0.1, -0.05) is 24.3 Å². The number of fused-ring (bicyclic) bond motifs is 1. The molecule has 26 heavy (non-hydrogen) atoms. The molecule has 6 nitrogen and oxygen atoms in total. The maximum atomic E-state index is 13.1. The van der Waals surface area contributed by atoms with Crippen LogP contribution in [-0.4, -0.2) is 39.3 Å². The highest BCUT2D eigenvalue weighted by atomic mass is 19.1. The lowest BCUT2D eigenvalue weighted by molar-refractivity contribution is -0.0157. The van der Waals surface area contributed by atoms with Crippen LogP contribution in [0.4, 0.5) is 15.0 Å². The molecular formula is C19H19FN4O2. The highest BCUT2D eigenvalue weighted by Crippen LogP contribution is 2.33. The highest BCUT2D eigenvalue weighted by molar-refractivity contribution is 5.98. The van der Waals surface area contributed by atoms with Crippen LogP contribution in [0.3, 0.4) is 0 Å². The van der Waals surface area contributed by atoms with Crippen LogP contribution in [0.5, 0.6) is 0 Å². The third-order valence-corrected chi connectivity index (χ3v) is 4.96. The number of aliphatic hydroxyl groups is 1. The van der Waals surface area contributed by atoms with Gasteiger partial charge >= 0.3 is 6.03 Å². The number of halogens is 1. The monoisotopic (exact) mass is 354 g/mol. The van der Waals surface area contributed by atoms with Crippen LogP contribution in [-0.2, 0) is 5.60 Å². The van der Waals surface area contributed by atoms with Gasteiger partial charge in [-0.05, 0) is 42.7 Å². The zero-order valence-electron chi connectivity index (χ0n) is 14.1. The standard InChI is InChI=1S/C19H19FN4O2/c20-14-7-5-13(6-8-14)19(26)9-11-24(12-10-19)18(25)21-17-15-3-1-2-4-16(15)22-23-17/h1-8,26H,9-12H2,(H2,21,22,23,25). The lowest BCUT2D eigenvalue weighted by atomic mass is 9.84. The summed E-state index contributed by atoms with van der Waals surface area (Å²) in [6.07, 6.45) is 0.792. The van der Waals surface area contributed by atoms with E-state index in [1.807, 2.05) is 24.3 Å². The summed E-state index contributed by atoms with van der Waals surface area (Å²) < 4.78 is 13.1. The van der Waals surface area contributed by atoms with Gasteiger partial charge in [0.05, 0.1) is 11.1 Å². The van der Waals surface area contributed by atoms with Gasteiger partial charge in [-0.3, -0.25) is 10.4 Å². The van der Waals surface area contributed by atoms with Crippen LogP contribution >= 0.6 is 0 Å². The van der Waals surface area contributed by atoms with Crippen LogP contribution in [0.2, 0.25) is 0 Å². The number of rotatable bonds is 2. The number of para-hydroxylation sites is 1. The minimum absolute atomic E-state index is 0.247. The number of hydrogen-bond donors (Lipinski definition) is 3. The van der Waals surface area contributed by atoms with Crippen molar-refractivity contribution in [3.8, 4) is 0 Å². The van der Waals surface area contributed by atoms with Gasteiger partial charge in [0, 0.05) is 18.5 Å². The summed E-state index contributed by atoms with van der Waals surface area (Å²) in [5.41, 5.74) is 0.494. The van der Waals surface area contributed by atoms with E-state index in [-0.39, 0.29) is 11.8 Å². The molecule has 134 valence electrons. The van der Waals surface area contributed by atoms with Crippen molar-refractivity contribution >= 4 is 22.8 Å². The lowest BCUT2D eigenvalue weighted by Crippen LogP contribution is -2.46. The average Bonchev–Trinajstić information content (AvgIpc) is 3.06. The number of piperidine rings is 1. The Kier molecular flexibility index (Phi) is 4.08. The van der Waals surface area contributed by atoms with Crippen molar-refractivity contribution < 1.29 is 14.3 Å². The van der Waals surface area contributed by atoms with E-state index in [4.69, 9.17) is 0 Å². The van der Waals surface area contributed by atoms with Gasteiger partial charge in [-0.15, -0.1) is 0 Å². The number of nitrogens with zero attached hydrogens (tertiary/aromatic N) is 2. The van der Waals surface area contributed by atoms with E-state index in [2.05, 4.69) is 15.5 Å². The number of aromatic nitrogens is 2. The Morgan fingerprint density at radius 3 is 2.58 bits per heavy atom. The number of hydrogen-bond acceptors (Lipinski definition) is 3. The summed E-state index contributed by atoms with van der Waals surface area (Å²) in [6.45, 7) is 0.810. The number of carbonyl (C=O) groups excluding carboxylic acids is 1. The summed E-state index contributed by atoms with van der Waals surface area (Å²) in [5, 5.41) is 21.5. The van der Waals surface area contributed by atoms with Crippen molar-refractivity contribution in [3.63, 3.8) is 0 Å². The van der Waals surface area contributed by atoms with Crippen molar-refractivity contribution in [2.45, 2.75) is 18.4 Å². The van der Waals surface area contributed by atoms with Crippen molar-refractivity contribution in [3.05, 3.63) is 59.9 Å². The number of likely N-dealkylation sites (tertiary alicyclic amines) is 1. The number of carbonyl (C=O) groups is 1. The first-order valence-electron chi connectivity index (χ1n) is 8.53. The number of anilines is 1. The Bertz CT molecular complexity index is 930. The molecule has 0 atom stereocenters. The molecule has 1 aromatic heterocycles. The molecule has 0 unspecified atom stereocenters. The first kappa shape index (κ1) is 16.5. The van der Waals surface area contributed by atoms with E-state index >= 15 is 0 Å². The Labute approximate surface area is 149 Å². The zero-order valence-corrected chi connectivity index (χ0v) is 14.1. The fourth-order valence-electron chi connectivity index (χ4n) is 3.37. The minimum Gasteiger partial charge on any atom is -0.385 e. The Morgan fingerprint density at radius 1 is 1.15 bits per heavy atom. The number of urea groups is 1. The van der Waals surface area contributed by atoms with E-state index in [0.717, 1.165) is 10.9 Å². The fraction of sp³-hybridized carbons (Fsp3) is 0.263. The van der Waals surface area contributed by atoms with E-state index in [1.54, 1.807) is 17.0 Å². The van der Waals surface area contributed by atoms with E-state index < -0.39 is 5.60 Å². The summed E-state index contributed by atoms with van der Waals surface area (Å²) in [7, 11) is 0. The number of benzene rings is 2. The Morgan fingerprint density at radius 2 is 1.85 bits per heavy atom. The molecule has 0 bridgehead atoms. The topological polar surface area (TPSA) is 81.2 Å². The number of aromatic amines is 1. The average molecular weight is 354 g/mol. The lowest BCUT2D eigenvalue weighted by Gasteiger charge is -2.38. The molecule has 1 saturated heterocycles. The zero-order chi connectivity index (χ0) is 18.1. The maximum absolute atomic E-state index is 13.1. The van der Waals surface area contributed by atoms with Crippen molar-refractivity contribution in [2.75, 3.05) is 18.4 Å². The largest absolute Gasteiger partial charge is 0.385 e. The third kappa shape index (κ3) is 3.01. The first-order valence-corrected chi connectivity index (χ1v) is 8.53. The third-order valence-electron chi connectivity index (χ3n) is 4.96. The molecule has 0 saturated carbocycles. The van der Waals surface area contributed by atoms with E-state index in [1.165, 1.54) is 12.1 Å². The quantitative estimate of drug-likeness (QED) is 0.661. The van der Waals surface area contributed by atoms with Gasteiger partial charge in [0.1, 0.15) is 5.82 Å². The summed E-state index contributed by atoms with van der Waals surface area (Å²) in [6, 6.07) is 13.2. The smallest absolute Gasteiger partial charge is 0.323 e. The predicted molar refractivity (Wildman–Crippen MR) is 96.2 cm³/mol. The fourth-order valence-corrected chi connectivity index (χ4v) is 3.37. The van der Waals surface area contributed by atoms with Crippen molar-refractivity contribution in [2.24, 2.45) is 0 Å². The summed E-state index contributed by atoms with van der Waals surface area (Å²) >= 11 is 0. The molecule has 0 radical (unpaired) electrons. The highest BCUT2D eigenvalue weighted by Gasteiger charge is 2.35. The second-order valence-corrected chi connectivity index (χ2v) is 6.57. The van der Waals surface area contributed by atoms with Gasteiger partial charge in [0.25, 0.3) is 0 Å². The maximum Gasteiger partial charge on any atom is 0.323 e. The van der Waals surface area contributed by atoms with Crippen molar-refractivity contribution in [1.82, 2.24) is 15.1 Å². The van der Waals surface area contributed by atoms with Gasteiger partial charge in [-0.25, -0.2) is 9.18 Å². The van der Waals surface area contributed by atoms with Crippen LogP contribution in [0.1, 0.15) is 18.4 Å². The molecule has 3 aromatic rings. The van der Waals surface area contributed by atoms with Crippen molar-refractivity contribution in [1.29, 1.82) is 0 Å². The predicted octanol–water partition coefficient (Wildman–Crippen LogP) is 3.22. The molecular weight excluding hydrogens is 335 g/mol. The van der Waals surface area contributed by atoms with E-state index in [0.29, 0.717) is 37.3 Å². The van der Waals surface area contributed by atoms with Crippen LogP contribution in [0, 0.1) is 5.82 Å². The Balaban J connectivity index is 1.42. The molecule has 2 amide bonds. The molecule has 1 aliphatic heterocycles. The molecule has 0 aliphatic carbocycles. The molecule has 3 N–H and O–H groups in total. The number of nitrogens with one attached hydrogen (secondary N) is 2. The van der Waals surface area contributed by atoms with E-state index in [9.17, 15) is 14.3 Å².